The number of hydrogen-bond donors (Lipinski definition) is 0. The molecule has 6 aromatic rings. The van der Waals surface area contributed by atoms with E-state index in [2.05, 4.69) is 60.7 Å². The van der Waals surface area contributed by atoms with Crippen LogP contribution in [0.4, 0.5) is 4.39 Å². The summed E-state index contributed by atoms with van der Waals surface area (Å²) in [7, 11) is 0. The summed E-state index contributed by atoms with van der Waals surface area (Å²) in [6, 6.07) is 30.2. The topological polar surface area (TPSA) is 12.9 Å². The SMILES string of the molecule is Fc1ccc2c(ccc3c(-c4cc5ccccc5c5ccccc45)nccc32)c1. The molecule has 0 amide bonds. The fourth-order valence-electron chi connectivity index (χ4n) is 4.43. The first-order chi connectivity index (χ1) is 14.3. The zero-order valence-electron chi connectivity index (χ0n) is 15.6. The number of halogens is 1. The van der Waals surface area contributed by atoms with Gasteiger partial charge < -0.3 is 0 Å². The van der Waals surface area contributed by atoms with Gasteiger partial charge in [0.15, 0.2) is 0 Å². The number of pyridine rings is 1. The van der Waals surface area contributed by atoms with Crippen molar-refractivity contribution < 1.29 is 4.39 Å². The minimum atomic E-state index is -0.216. The molecule has 0 N–H and O–H groups in total. The van der Waals surface area contributed by atoms with Crippen molar-refractivity contribution in [2.45, 2.75) is 0 Å². The van der Waals surface area contributed by atoms with Crippen molar-refractivity contribution in [1.29, 1.82) is 0 Å². The van der Waals surface area contributed by atoms with Crippen molar-refractivity contribution in [3.05, 3.63) is 103 Å². The molecule has 136 valence electrons. The Hall–Kier alpha value is -3.78. The second-order valence-corrected chi connectivity index (χ2v) is 7.38. The van der Waals surface area contributed by atoms with Gasteiger partial charge in [-0.25, -0.2) is 4.39 Å². The van der Waals surface area contributed by atoms with E-state index in [1.165, 1.54) is 27.6 Å². The number of aromatic nitrogens is 1. The molecule has 1 nitrogen and oxygen atoms in total. The molecule has 0 atom stereocenters. The van der Waals surface area contributed by atoms with Crippen LogP contribution < -0.4 is 0 Å². The Kier molecular flexibility index (Phi) is 3.41. The highest BCUT2D eigenvalue weighted by molar-refractivity contribution is 6.17. The van der Waals surface area contributed by atoms with Gasteiger partial charge in [0.05, 0.1) is 5.69 Å². The van der Waals surface area contributed by atoms with Gasteiger partial charge in [-0.05, 0) is 62.0 Å². The second-order valence-electron chi connectivity index (χ2n) is 7.38. The van der Waals surface area contributed by atoms with Crippen molar-refractivity contribution >= 4 is 43.1 Å². The maximum atomic E-state index is 13.7. The fraction of sp³-hybridized carbons (Fsp3) is 0. The molecule has 0 saturated heterocycles. The van der Waals surface area contributed by atoms with Crippen LogP contribution in [0.5, 0.6) is 0 Å². The minimum absolute atomic E-state index is 0.216. The van der Waals surface area contributed by atoms with E-state index in [4.69, 9.17) is 4.98 Å². The molecule has 0 spiro atoms. The van der Waals surface area contributed by atoms with Crippen LogP contribution in [-0.2, 0) is 0 Å². The van der Waals surface area contributed by atoms with Crippen LogP contribution in [0, 0.1) is 5.82 Å². The molecule has 0 radical (unpaired) electrons. The predicted molar refractivity (Wildman–Crippen MR) is 120 cm³/mol. The molecule has 1 aromatic heterocycles. The first-order valence-corrected chi connectivity index (χ1v) is 9.67. The first kappa shape index (κ1) is 16.2. The molecule has 0 bridgehead atoms. The molecule has 29 heavy (non-hydrogen) atoms. The molecule has 0 fully saturated rings. The average molecular weight is 373 g/mol. The summed E-state index contributed by atoms with van der Waals surface area (Å²) in [5, 5.41) is 8.95. The zero-order chi connectivity index (χ0) is 19.4. The van der Waals surface area contributed by atoms with Gasteiger partial charge in [-0.3, -0.25) is 4.98 Å². The van der Waals surface area contributed by atoms with Crippen molar-refractivity contribution in [1.82, 2.24) is 4.98 Å². The number of fused-ring (bicyclic) bond motifs is 6. The van der Waals surface area contributed by atoms with Gasteiger partial charge >= 0.3 is 0 Å². The molecule has 0 aliphatic rings. The molecule has 6 rings (SSSR count). The van der Waals surface area contributed by atoms with Crippen molar-refractivity contribution in [3.8, 4) is 11.3 Å². The van der Waals surface area contributed by atoms with E-state index >= 15 is 0 Å². The van der Waals surface area contributed by atoms with E-state index in [0.29, 0.717) is 0 Å². The minimum Gasteiger partial charge on any atom is -0.256 e. The number of rotatable bonds is 1. The molecule has 0 unspecified atom stereocenters. The third-order valence-corrected chi connectivity index (χ3v) is 5.75. The molecular weight excluding hydrogens is 357 g/mol. The van der Waals surface area contributed by atoms with Gasteiger partial charge in [0, 0.05) is 17.1 Å². The van der Waals surface area contributed by atoms with Crippen LogP contribution in [0.3, 0.4) is 0 Å². The lowest BCUT2D eigenvalue weighted by molar-refractivity contribution is 0.630. The van der Waals surface area contributed by atoms with Crippen LogP contribution in [-0.4, -0.2) is 4.98 Å². The van der Waals surface area contributed by atoms with E-state index in [9.17, 15) is 4.39 Å². The van der Waals surface area contributed by atoms with Crippen molar-refractivity contribution in [3.63, 3.8) is 0 Å². The summed E-state index contributed by atoms with van der Waals surface area (Å²) in [5.74, 6) is -0.216. The summed E-state index contributed by atoms with van der Waals surface area (Å²) >= 11 is 0. The van der Waals surface area contributed by atoms with Gasteiger partial charge in [0.25, 0.3) is 0 Å². The summed E-state index contributed by atoms with van der Waals surface area (Å²) in [5.41, 5.74) is 2.07. The summed E-state index contributed by atoms with van der Waals surface area (Å²) in [6.45, 7) is 0. The lowest BCUT2D eigenvalue weighted by Gasteiger charge is -2.13. The Morgan fingerprint density at radius 2 is 1.17 bits per heavy atom. The van der Waals surface area contributed by atoms with Crippen molar-refractivity contribution in [2.75, 3.05) is 0 Å². The number of benzene rings is 5. The number of hydrogen-bond acceptors (Lipinski definition) is 1. The molecule has 0 saturated carbocycles. The Morgan fingerprint density at radius 1 is 0.517 bits per heavy atom. The Balaban J connectivity index is 1.76. The maximum absolute atomic E-state index is 13.7. The summed E-state index contributed by atoms with van der Waals surface area (Å²) < 4.78 is 13.7. The zero-order valence-corrected chi connectivity index (χ0v) is 15.6. The third-order valence-electron chi connectivity index (χ3n) is 5.75. The Bertz CT molecular complexity index is 1570. The quantitative estimate of drug-likeness (QED) is 0.272. The van der Waals surface area contributed by atoms with E-state index in [-0.39, 0.29) is 5.82 Å². The largest absolute Gasteiger partial charge is 0.256 e. The first-order valence-electron chi connectivity index (χ1n) is 9.67. The molecule has 5 aromatic carbocycles. The maximum Gasteiger partial charge on any atom is 0.123 e. The van der Waals surface area contributed by atoms with E-state index < -0.39 is 0 Å². The molecule has 0 aliphatic heterocycles. The van der Waals surface area contributed by atoms with Gasteiger partial charge in [0.1, 0.15) is 5.82 Å². The predicted octanol–water partition coefficient (Wildman–Crippen LogP) is 7.50. The van der Waals surface area contributed by atoms with Crippen LogP contribution in [0.2, 0.25) is 0 Å². The van der Waals surface area contributed by atoms with Crippen LogP contribution >= 0.6 is 0 Å². The highest BCUT2D eigenvalue weighted by atomic mass is 19.1. The molecular formula is C27H16FN. The summed E-state index contributed by atoms with van der Waals surface area (Å²) in [6.07, 6.45) is 1.85. The van der Waals surface area contributed by atoms with Crippen LogP contribution in [0.1, 0.15) is 0 Å². The number of nitrogens with zero attached hydrogens (tertiary/aromatic N) is 1. The smallest absolute Gasteiger partial charge is 0.123 e. The van der Waals surface area contributed by atoms with Crippen LogP contribution in [0.15, 0.2) is 97.2 Å². The van der Waals surface area contributed by atoms with Gasteiger partial charge in [0.2, 0.25) is 0 Å². The van der Waals surface area contributed by atoms with Gasteiger partial charge in [-0.2, -0.15) is 0 Å². The average Bonchev–Trinajstić information content (AvgIpc) is 2.78. The highest BCUT2D eigenvalue weighted by Crippen LogP contribution is 2.38. The van der Waals surface area contributed by atoms with Crippen LogP contribution in [0.25, 0.3) is 54.3 Å². The normalized spacial score (nSPS) is 11.6. The second kappa shape index (κ2) is 6.11. The Morgan fingerprint density at radius 3 is 2.07 bits per heavy atom. The lowest BCUT2D eigenvalue weighted by atomic mass is 9.92. The Labute approximate surface area is 167 Å². The van der Waals surface area contributed by atoms with Gasteiger partial charge in [-0.1, -0.05) is 66.7 Å². The monoisotopic (exact) mass is 373 g/mol. The lowest BCUT2D eigenvalue weighted by Crippen LogP contribution is -1.90. The van der Waals surface area contributed by atoms with E-state index in [1.54, 1.807) is 6.07 Å². The molecule has 2 heteroatoms. The van der Waals surface area contributed by atoms with E-state index in [0.717, 1.165) is 32.8 Å². The summed E-state index contributed by atoms with van der Waals surface area (Å²) in [4.78, 5) is 4.78. The van der Waals surface area contributed by atoms with E-state index in [1.807, 2.05) is 24.4 Å². The fourth-order valence-corrected chi connectivity index (χ4v) is 4.43. The molecule has 0 aliphatic carbocycles. The van der Waals surface area contributed by atoms with Gasteiger partial charge in [-0.15, -0.1) is 0 Å². The molecule has 1 heterocycles. The standard InChI is InChI=1S/C27H16FN/c28-19-10-12-21-18(15-19)9-11-25-24(21)13-14-29-27(25)26-16-17-5-1-2-6-20(17)22-7-3-4-8-23(22)26/h1-16H. The van der Waals surface area contributed by atoms with Crippen molar-refractivity contribution in [2.24, 2.45) is 0 Å². The highest BCUT2D eigenvalue weighted by Gasteiger charge is 2.13. The third kappa shape index (κ3) is 2.43.